The number of carboxylic acids is 1. The maximum Gasteiger partial charge on any atom is 0.374 e. The second kappa shape index (κ2) is 2.27. The summed E-state index contributed by atoms with van der Waals surface area (Å²) >= 11 is 0. The lowest BCUT2D eigenvalue weighted by molar-refractivity contribution is 0.0662. The third-order valence-electron chi connectivity index (χ3n) is 2.16. The number of rotatable bonds is 1. The molecule has 0 unspecified atom stereocenters. The summed E-state index contributed by atoms with van der Waals surface area (Å²) in [5.41, 5.74) is 6.79. The van der Waals surface area contributed by atoms with Gasteiger partial charge < -0.3 is 15.3 Å². The monoisotopic (exact) mass is 167 g/mol. The highest BCUT2D eigenvalue weighted by Gasteiger charge is 2.25. The van der Waals surface area contributed by atoms with E-state index in [-0.39, 0.29) is 5.76 Å². The highest BCUT2D eigenvalue weighted by Crippen LogP contribution is 2.32. The van der Waals surface area contributed by atoms with Crippen molar-refractivity contribution in [2.45, 2.75) is 19.3 Å². The molecule has 2 rings (SSSR count). The first-order valence-electron chi connectivity index (χ1n) is 3.83. The Hall–Kier alpha value is -1.45. The fourth-order valence-electron chi connectivity index (χ4n) is 1.59. The molecule has 4 nitrogen and oxygen atoms in total. The molecule has 1 aliphatic rings. The molecule has 0 aromatic carbocycles. The van der Waals surface area contributed by atoms with E-state index in [0.29, 0.717) is 5.69 Å². The van der Waals surface area contributed by atoms with Crippen LogP contribution in [0.1, 0.15) is 28.3 Å². The predicted molar refractivity (Wildman–Crippen MR) is 42.1 cm³/mol. The van der Waals surface area contributed by atoms with Crippen LogP contribution in [0.15, 0.2) is 4.42 Å². The molecule has 0 saturated carbocycles. The standard InChI is InChI=1S/C8H9NO3/c9-6-4-2-1-3-5(4)12-7(6)8(10)11/h1-3,9H2,(H,10,11). The molecule has 0 aliphatic heterocycles. The molecule has 1 aromatic rings. The molecule has 0 saturated heterocycles. The average Bonchev–Trinajstić information content (AvgIpc) is 2.53. The topological polar surface area (TPSA) is 76.5 Å². The van der Waals surface area contributed by atoms with Crippen LogP contribution in [0.5, 0.6) is 0 Å². The molecule has 0 fully saturated rings. The van der Waals surface area contributed by atoms with Crippen LogP contribution in [0.25, 0.3) is 0 Å². The molecule has 0 atom stereocenters. The van der Waals surface area contributed by atoms with Crippen molar-refractivity contribution in [1.82, 2.24) is 0 Å². The summed E-state index contributed by atoms with van der Waals surface area (Å²) in [6.07, 6.45) is 2.67. The van der Waals surface area contributed by atoms with Crippen LogP contribution in [-0.4, -0.2) is 11.1 Å². The van der Waals surface area contributed by atoms with E-state index in [1.165, 1.54) is 0 Å². The maximum absolute atomic E-state index is 10.6. The van der Waals surface area contributed by atoms with E-state index in [1.807, 2.05) is 0 Å². The molecular weight excluding hydrogens is 158 g/mol. The zero-order chi connectivity index (χ0) is 8.72. The number of nitrogens with two attached hydrogens (primary N) is 1. The summed E-state index contributed by atoms with van der Waals surface area (Å²) in [5.74, 6) is -0.425. The number of anilines is 1. The number of aryl methyl sites for hydroxylation is 1. The van der Waals surface area contributed by atoms with Gasteiger partial charge >= 0.3 is 5.97 Å². The summed E-state index contributed by atoms with van der Waals surface area (Å²) in [7, 11) is 0. The summed E-state index contributed by atoms with van der Waals surface area (Å²) in [6, 6.07) is 0. The minimum absolute atomic E-state index is 0.0975. The Labute approximate surface area is 69.0 Å². The molecule has 0 amide bonds. The second-order valence-corrected chi connectivity index (χ2v) is 2.91. The minimum Gasteiger partial charge on any atom is -0.475 e. The highest BCUT2D eigenvalue weighted by atomic mass is 16.4. The van der Waals surface area contributed by atoms with Gasteiger partial charge in [-0.3, -0.25) is 0 Å². The zero-order valence-corrected chi connectivity index (χ0v) is 6.46. The number of nitrogen functional groups attached to an aromatic ring is 1. The van der Waals surface area contributed by atoms with Crippen LogP contribution in [-0.2, 0) is 12.8 Å². The van der Waals surface area contributed by atoms with Crippen LogP contribution in [0.2, 0.25) is 0 Å². The Morgan fingerprint density at radius 2 is 2.25 bits per heavy atom. The lowest BCUT2D eigenvalue weighted by Gasteiger charge is -1.92. The SMILES string of the molecule is Nc1c(C(=O)O)oc2c1CCC2. The first-order valence-corrected chi connectivity index (χ1v) is 3.83. The molecule has 1 heterocycles. The van der Waals surface area contributed by atoms with Gasteiger partial charge in [0, 0.05) is 12.0 Å². The minimum atomic E-state index is -1.08. The molecular formula is C8H9NO3. The van der Waals surface area contributed by atoms with Crippen LogP contribution in [0.3, 0.4) is 0 Å². The van der Waals surface area contributed by atoms with Gasteiger partial charge in [-0.05, 0) is 12.8 Å². The molecule has 4 heteroatoms. The van der Waals surface area contributed by atoms with Gasteiger partial charge in [-0.15, -0.1) is 0 Å². The largest absolute Gasteiger partial charge is 0.475 e. The highest BCUT2D eigenvalue weighted by molar-refractivity contribution is 5.91. The van der Waals surface area contributed by atoms with E-state index in [1.54, 1.807) is 0 Å². The van der Waals surface area contributed by atoms with Gasteiger partial charge in [0.1, 0.15) is 5.76 Å². The van der Waals surface area contributed by atoms with Crippen LogP contribution >= 0.6 is 0 Å². The van der Waals surface area contributed by atoms with E-state index in [4.69, 9.17) is 15.3 Å². The fraction of sp³-hybridized carbons (Fsp3) is 0.375. The number of carbonyl (C=O) groups is 1. The van der Waals surface area contributed by atoms with Gasteiger partial charge in [0.15, 0.2) is 0 Å². The summed E-state index contributed by atoms with van der Waals surface area (Å²) in [5, 5.41) is 8.65. The molecule has 0 radical (unpaired) electrons. The van der Waals surface area contributed by atoms with Gasteiger partial charge in [0.05, 0.1) is 5.69 Å². The third-order valence-corrected chi connectivity index (χ3v) is 2.16. The molecule has 0 spiro atoms. The van der Waals surface area contributed by atoms with Crippen molar-refractivity contribution in [3.63, 3.8) is 0 Å². The van der Waals surface area contributed by atoms with Gasteiger partial charge in [0.25, 0.3) is 0 Å². The Bertz CT molecular complexity index is 340. The van der Waals surface area contributed by atoms with Crippen molar-refractivity contribution in [2.75, 3.05) is 5.73 Å². The van der Waals surface area contributed by atoms with Gasteiger partial charge in [-0.1, -0.05) is 0 Å². The number of furan rings is 1. The molecule has 64 valence electrons. The lowest BCUT2D eigenvalue weighted by atomic mass is 10.2. The Balaban J connectivity index is 2.54. The van der Waals surface area contributed by atoms with Gasteiger partial charge in [-0.25, -0.2) is 4.79 Å². The van der Waals surface area contributed by atoms with Crippen LogP contribution in [0, 0.1) is 0 Å². The predicted octanol–water partition coefficient (Wildman–Crippen LogP) is 1.05. The van der Waals surface area contributed by atoms with E-state index in [0.717, 1.165) is 30.6 Å². The van der Waals surface area contributed by atoms with Crippen LogP contribution in [0.4, 0.5) is 5.69 Å². The molecule has 12 heavy (non-hydrogen) atoms. The van der Waals surface area contributed by atoms with Crippen molar-refractivity contribution < 1.29 is 14.3 Å². The number of aromatic carboxylic acids is 1. The van der Waals surface area contributed by atoms with Crippen molar-refractivity contribution in [2.24, 2.45) is 0 Å². The average molecular weight is 167 g/mol. The van der Waals surface area contributed by atoms with Crippen molar-refractivity contribution in [3.05, 3.63) is 17.1 Å². The molecule has 1 aromatic heterocycles. The van der Waals surface area contributed by atoms with E-state index < -0.39 is 5.97 Å². The smallest absolute Gasteiger partial charge is 0.374 e. The van der Waals surface area contributed by atoms with Gasteiger partial charge in [-0.2, -0.15) is 0 Å². The Kier molecular flexibility index (Phi) is 1.36. The van der Waals surface area contributed by atoms with E-state index >= 15 is 0 Å². The van der Waals surface area contributed by atoms with Gasteiger partial charge in [0.2, 0.25) is 5.76 Å². The zero-order valence-electron chi connectivity index (χ0n) is 6.46. The summed E-state index contributed by atoms with van der Waals surface area (Å²) < 4.78 is 5.09. The number of hydrogen-bond acceptors (Lipinski definition) is 3. The normalized spacial score (nSPS) is 14.7. The molecule has 0 bridgehead atoms. The number of fused-ring (bicyclic) bond motifs is 1. The summed E-state index contributed by atoms with van der Waals surface area (Å²) in [6.45, 7) is 0. The maximum atomic E-state index is 10.6. The quantitative estimate of drug-likeness (QED) is 0.655. The van der Waals surface area contributed by atoms with Crippen molar-refractivity contribution >= 4 is 11.7 Å². The van der Waals surface area contributed by atoms with Crippen molar-refractivity contribution in [1.29, 1.82) is 0 Å². The Morgan fingerprint density at radius 3 is 2.83 bits per heavy atom. The second-order valence-electron chi connectivity index (χ2n) is 2.91. The molecule has 3 N–H and O–H groups in total. The Morgan fingerprint density at radius 1 is 1.50 bits per heavy atom. The first-order chi connectivity index (χ1) is 5.70. The van der Waals surface area contributed by atoms with E-state index in [9.17, 15) is 4.79 Å². The van der Waals surface area contributed by atoms with Crippen molar-refractivity contribution in [3.8, 4) is 0 Å². The molecule has 1 aliphatic carbocycles. The lowest BCUT2D eigenvalue weighted by Crippen LogP contribution is -2.00. The number of hydrogen-bond donors (Lipinski definition) is 2. The fourth-order valence-corrected chi connectivity index (χ4v) is 1.59. The summed E-state index contributed by atoms with van der Waals surface area (Å²) in [4.78, 5) is 10.6. The first kappa shape index (κ1) is 7.21. The number of carboxylic acid groups (broad SMARTS) is 1. The van der Waals surface area contributed by atoms with Crippen LogP contribution < -0.4 is 5.73 Å². The third kappa shape index (κ3) is 0.809. The van der Waals surface area contributed by atoms with E-state index in [2.05, 4.69) is 0 Å².